The molecule has 0 radical (unpaired) electrons. The van der Waals surface area contributed by atoms with Crippen molar-refractivity contribution in [2.24, 2.45) is 0 Å². The second kappa shape index (κ2) is 9.81. The number of fused-ring (bicyclic) bond motifs is 20. The van der Waals surface area contributed by atoms with E-state index in [-0.39, 0.29) is 5.78 Å². The van der Waals surface area contributed by atoms with Crippen LogP contribution < -0.4 is 0 Å². The zero-order chi connectivity index (χ0) is 34.2. The minimum absolute atomic E-state index is 0.0616. The van der Waals surface area contributed by atoms with E-state index in [2.05, 4.69) is 182 Å². The molecule has 0 saturated heterocycles. The molecule has 4 aliphatic rings. The summed E-state index contributed by atoms with van der Waals surface area (Å²) in [5.41, 5.74) is 19.9. The number of rotatable bonds is 2. The standard InChI is InChI=1S/C51H30O/c52-49(37-21-13-29-45-47(37)35-19-5-11-27-43(35)50(45)39-23-7-1-15-31(39)32-16-2-8-24-40(32)50)38-22-14-30-46-48(38)36-20-6-12-28-44(36)51(46)41-25-9-3-17-33(41)34-18-4-10-26-42(34)51/h1-30H. The highest BCUT2D eigenvalue weighted by atomic mass is 16.1. The predicted molar refractivity (Wildman–Crippen MR) is 209 cm³/mol. The normalized spacial score (nSPS) is 14.9. The number of ketones is 1. The number of hydrogen-bond donors (Lipinski definition) is 0. The third-order valence-electron chi connectivity index (χ3n) is 12.5. The first-order valence-corrected chi connectivity index (χ1v) is 18.2. The zero-order valence-corrected chi connectivity index (χ0v) is 28.2. The highest BCUT2D eigenvalue weighted by Crippen LogP contribution is 2.65. The van der Waals surface area contributed by atoms with Gasteiger partial charge in [-0.05, 0) is 89.0 Å². The number of hydrogen-bond acceptors (Lipinski definition) is 1. The molecule has 0 aliphatic heterocycles. The second-order valence-electron chi connectivity index (χ2n) is 14.6. The Hall–Kier alpha value is -6.57. The predicted octanol–water partition coefficient (Wildman–Crippen LogP) is 11.6. The van der Waals surface area contributed by atoms with E-state index in [1.165, 1.54) is 66.8 Å². The first-order valence-electron chi connectivity index (χ1n) is 18.2. The molecule has 0 heterocycles. The summed E-state index contributed by atoms with van der Waals surface area (Å²) in [5, 5.41) is 0. The Labute approximate surface area is 302 Å². The Morgan fingerprint density at radius 3 is 0.846 bits per heavy atom. The fourth-order valence-electron chi connectivity index (χ4n) is 10.8. The summed E-state index contributed by atoms with van der Waals surface area (Å²) < 4.78 is 0. The lowest BCUT2D eigenvalue weighted by atomic mass is 9.70. The van der Waals surface area contributed by atoms with E-state index in [9.17, 15) is 0 Å². The monoisotopic (exact) mass is 658 g/mol. The molecule has 0 atom stereocenters. The Balaban J connectivity index is 1.14. The molecule has 0 unspecified atom stereocenters. The van der Waals surface area contributed by atoms with Gasteiger partial charge in [0.05, 0.1) is 10.8 Å². The van der Waals surface area contributed by atoms with Crippen LogP contribution in [0.25, 0.3) is 44.5 Å². The summed E-state index contributed by atoms with van der Waals surface area (Å²) in [5.74, 6) is 0.0616. The molecule has 0 amide bonds. The summed E-state index contributed by atoms with van der Waals surface area (Å²) in [7, 11) is 0. The fraction of sp³-hybridized carbons (Fsp3) is 0.0392. The minimum atomic E-state index is -0.498. The fourth-order valence-corrected chi connectivity index (χ4v) is 10.8. The quantitative estimate of drug-likeness (QED) is 0.169. The van der Waals surface area contributed by atoms with Gasteiger partial charge in [-0.1, -0.05) is 182 Å². The molecule has 0 fully saturated rings. The van der Waals surface area contributed by atoms with Crippen LogP contribution in [0.3, 0.4) is 0 Å². The molecule has 0 bridgehead atoms. The summed E-state index contributed by atoms with van der Waals surface area (Å²) in [4.78, 5) is 15.6. The van der Waals surface area contributed by atoms with Crippen LogP contribution in [0.1, 0.15) is 60.4 Å². The van der Waals surface area contributed by atoms with E-state index in [1.54, 1.807) is 0 Å². The smallest absolute Gasteiger partial charge is 0.194 e. The molecule has 4 aliphatic carbocycles. The summed E-state index contributed by atoms with van der Waals surface area (Å²) >= 11 is 0. The summed E-state index contributed by atoms with van der Waals surface area (Å²) in [6.07, 6.45) is 0. The van der Waals surface area contributed by atoms with Crippen LogP contribution in [0.2, 0.25) is 0 Å². The molecule has 240 valence electrons. The van der Waals surface area contributed by atoms with Crippen LogP contribution >= 0.6 is 0 Å². The van der Waals surface area contributed by atoms with Crippen molar-refractivity contribution in [3.8, 4) is 44.5 Å². The second-order valence-corrected chi connectivity index (χ2v) is 14.6. The number of benzene rings is 8. The van der Waals surface area contributed by atoms with Gasteiger partial charge in [0.25, 0.3) is 0 Å². The van der Waals surface area contributed by atoms with Crippen LogP contribution in [0.4, 0.5) is 0 Å². The van der Waals surface area contributed by atoms with Gasteiger partial charge in [-0.3, -0.25) is 4.79 Å². The van der Waals surface area contributed by atoms with Crippen molar-refractivity contribution in [3.63, 3.8) is 0 Å². The van der Waals surface area contributed by atoms with E-state index in [4.69, 9.17) is 0 Å². The molecule has 2 spiro atoms. The van der Waals surface area contributed by atoms with E-state index in [0.717, 1.165) is 33.4 Å². The SMILES string of the molecule is O=C(c1cccc2c1-c1ccccc1C21c2ccccc2-c2ccccc21)c1cccc2c1-c1ccccc1C21c2ccccc2-c2ccccc21. The Bertz CT molecular complexity index is 2600. The van der Waals surface area contributed by atoms with Gasteiger partial charge in [-0.25, -0.2) is 0 Å². The first kappa shape index (κ1) is 28.2. The van der Waals surface area contributed by atoms with Gasteiger partial charge in [-0.2, -0.15) is 0 Å². The highest BCUT2D eigenvalue weighted by Gasteiger charge is 2.54. The highest BCUT2D eigenvalue weighted by molar-refractivity contribution is 6.19. The van der Waals surface area contributed by atoms with Crippen molar-refractivity contribution in [2.75, 3.05) is 0 Å². The lowest BCUT2D eigenvalue weighted by Gasteiger charge is -2.30. The molecule has 8 aromatic carbocycles. The van der Waals surface area contributed by atoms with Gasteiger partial charge >= 0.3 is 0 Å². The van der Waals surface area contributed by atoms with Crippen LogP contribution in [0, 0.1) is 0 Å². The molecule has 1 nitrogen and oxygen atoms in total. The molecule has 52 heavy (non-hydrogen) atoms. The van der Waals surface area contributed by atoms with Gasteiger partial charge < -0.3 is 0 Å². The van der Waals surface area contributed by atoms with Crippen LogP contribution in [0.5, 0.6) is 0 Å². The van der Waals surface area contributed by atoms with Gasteiger partial charge in [-0.15, -0.1) is 0 Å². The van der Waals surface area contributed by atoms with Gasteiger partial charge in [0, 0.05) is 11.1 Å². The molecule has 8 aromatic rings. The van der Waals surface area contributed by atoms with Gasteiger partial charge in [0.1, 0.15) is 0 Å². The summed E-state index contributed by atoms with van der Waals surface area (Å²) in [6.45, 7) is 0. The average Bonchev–Trinajstić information content (AvgIpc) is 3.90. The Morgan fingerprint density at radius 2 is 0.519 bits per heavy atom. The zero-order valence-electron chi connectivity index (χ0n) is 28.2. The third kappa shape index (κ3) is 3.08. The number of carbonyl (C=O) groups is 1. The molecule has 12 rings (SSSR count). The maximum atomic E-state index is 15.6. The van der Waals surface area contributed by atoms with E-state index in [0.29, 0.717) is 0 Å². The lowest BCUT2D eigenvalue weighted by molar-refractivity contribution is 0.104. The minimum Gasteiger partial charge on any atom is -0.289 e. The molecular formula is C51H30O. The Kier molecular flexibility index (Phi) is 5.31. The van der Waals surface area contributed by atoms with Crippen molar-refractivity contribution in [1.82, 2.24) is 0 Å². The average molecular weight is 659 g/mol. The lowest BCUT2D eigenvalue weighted by Crippen LogP contribution is -2.26. The number of carbonyl (C=O) groups excluding carboxylic acids is 1. The maximum Gasteiger partial charge on any atom is 0.194 e. The Morgan fingerprint density at radius 1 is 0.269 bits per heavy atom. The molecule has 0 N–H and O–H groups in total. The van der Waals surface area contributed by atoms with Gasteiger partial charge in [0.15, 0.2) is 5.78 Å². The largest absolute Gasteiger partial charge is 0.289 e. The van der Waals surface area contributed by atoms with Crippen molar-refractivity contribution in [1.29, 1.82) is 0 Å². The molecule has 0 saturated carbocycles. The first-order chi connectivity index (χ1) is 25.8. The molecule has 1 heteroatoms. The van der Waals surface area contributed by atoms with Crippen LogP contribution in [-0.2, 0) is 10.8 Å². The van der Waals surface area contributed by atoms with Crippen molar-refractivity contribution in [3.05, 3.63) is 238 Å². The summed E-state index contributed by atoms with van der Waals surface area (Å²) in [6, 6.07) is 65.7. The molecule has 0 aromatic heterocycles. The van der Waals surface area contributed by atoms with Crippen molar-refractivity contribution < 1.29 is 4.79 Å². The van der Waals surface area contributed by atoms with Crippen molar-refractivity contribution >= 4 is 5.78 Å². The van der Waals surface area contributed by atoms with Gasteiger partial charge in [0.2, 0.25) is 0 Å². The van der Waals surface area contributed by atoms with Crippen LogP contribution in [0.15, 0.2) is 182 Å². The van der Waals surface area contributed by atoms with Crippen molar-refractivity contribution in [2.45, 2.75) is 10.8 Å². The van der Waals surface area contributed by atoms with E-state index in [1.807, 2.05) is 0 Å². The van der Waals surface area contributed by atoms with Crippen LogP contribution in [-0.4, -0.2) is 5.78 Å². The van der Waals surface area contributed by atoms with E-state index >= 15 is 4.79 Å². The topological polar surface area (TPSA) is 17.1 Å². The maximum absolute atomic E-state index is 15.6. The third-order valence-corrected chi connectivity index (χ3v) is 12.5. The molecular weight excluding hydrogens is 629 g/mol. The van der Waals surface area contributed by atoms with E-state index < -0.39 is 10.8 Å².